The summed E-state index contributed by atoms with van der Waals surface area (Å²) in [4.78, 5) is 33.8. The van der Waals surface area contributed by atoms with Crippen molar-refractivity contribution in [1.29, 1.82) is 0 Å². The zero-order valence-electron chi connectivity index (χ0n) is 20.5. The predicted molar refractivity (Wildman–Crippen MR) is 140 cm³/mol. The van der Waals surface area contributed by atoms with E-state index in [2.05, 4.69) is 15.3 Å². The highest BCUT2D eigenvalue weighted by atomic mass is 19.1. The van der Waals surface area contributed by atoms with Crippen molar-refractivity contribution in [2.75, 3.05) is 5.32 Å². The summed E-state index contributed by atoms with van der Waals surface area (Å²) in [6.45, 7) is 3.64. The van der Waals surface area contributed by atoms with Gasteiger partial charge in [-0.15, -0.1) is 0 Å². The quantitative estimate of drug-likeness (QED) is 0.316. The molecule has 0 aliphatic carbocycles. The molecule has 3 aromatic heterocycles. The SMILES string of the molecule is Cc1cn(C)c(=O)c2c(-c3ccc(F)cc3)c(-c3ccnc(NC(=O)[C@@H](C)c4ccc(F)cc4)c3)[nH]c12. The van der Waals surface area contributed by atoms with Gasteiger partial charge in [0.1, 0.15) is 17.5 Å². The molecule has 0 aliphatic heterocycles. The van der Waals surface area contributed by atoms with Crippen molar-refractivity contribution < 1.29 is 13.6 Å². The molecule has 0 bridgehead atoms. The highest BCUT2D eigenvalue weighted by Gasteiger charge is 2.21. The molecular weight excluding hydrogens is 474 g/mol. The van der Waals surface area contributed by atoms with E-state index >= 15 is 0 Å². The first-order valence-electron chi connectivity index (χ1n) is 11.7. The number of nitrogens with zero attached hydrogens (tertiary/aromatic N) is 2. The molecule has 2 aromatic carbocycles. The molecule has 0 radical (unpaired) electrons. The molecule has 3 heterocycles. The fraction of sp³-hybridized carbons (Fsp3) is 0.138. The Bertz CT molecular complexity index is 1690. The first kappa shape index (κ1) is 24.1. The number of anilines is 1. The number of rotatable bonds is 5. The maximum absolute atomic E-state index is 13.7. The molecule has 2 N–H and O–H groups in total. The minimum Gasteiger partial charge on any atom is -0.354 e. The smallest absolute Gasteiger partial charge is 0.260 e. The Hall–Kier alpha value is -4.59. The first-order valence-corrected chi connectivity index (χ1v) is 11.7. The van der Waals surface area contributed by atoms with Gasteiger partial charge in [0.2, 0.25) is 5.91 Å². The number of carbonyl (C=O) groups excluding carboxylic acids is 1. The van der Waals surface area contributed by atoms with E-state index in [0.717, 1.165) is 5.56 Å². The molecule has 0 spiro atoms. The van der Waals surface area contributed by atoms with E-state index < -0.39 is 5.92 Å². The lowest BCUT2D eigenvalue weighted by Crippen LogP contribution is -2.19. The number of carbonyl (C=O) groups is 1. The standard InChI is InChI=1S/C29H24F2N4O2/c1-16-15-35(3)29(37)25-24(19-6-10-22(31)11-7-19)27(34-26(16)25)20-12-13-32-23(14-20)33-28(36)17(2)18-4-8-21(30)9-5-18/h4-15,17,34H,1-3H3,(H,32,33,36)/t17-/m0/s1. The average molecular weight is 499 g/mol. The Morgan fingerprint density at radius 2 is 1.65 bits per heavy atom. The minimum absolute atomic E-state index is 0.182. The number of fused-ring (bicyclic) bond motifs is 1. The number of aromatic nitrogens is 3. The van der Waals surface area contributed by atoms with Gasteiger partial charge in [-0.1, -0.05) is 24.3 Å². The van der Waals surface area contributed by atoms with Crippen LogP contribution in [-0.4, -0.2) is 20.4 Å². The van der Waals surface area contributed by atoms with Gasteiger partial charge in [0.25, 0.3) is 5.56 Å². The molecule has 0 aliphatic rings. The van der Waals surface area contributed by atoms with Crippen LogP contribution in [0.25, 0.3) is 33.3 Å². The molecular formula is C29H24F2N4O2. The lowest BCUT2D eigenvalue weighted by Gasteiger charge is -2.13. The van der Waals surface area contributed by atoms with Crippen LogP contribution in [0.5, 0.6) is 0 Å². The van der Waals surface area contributed by atoms with E-state index in [0.29, 0.717) is 44.7 Å². The fourth-order valence-electron chi connectivity index (χ4n) is 4.51. The van der Waals surface area contributed by atoms with Crippen LogP contribution in [0.15, 0.2) is 77.9 Å². The summed E-state index contributed by atoms with van der Waals surface area (Å²) in [6, 6.07) is 15.3. The van der Waals surface area contributed by atoms with Gasteiger partial charge in [-0.25, -0.2) is 13.8 Å². The van der Waals surface area contributed by atoms with Crippen LogP contribution in [0.1, 0.15) is 24.0 Å². The monoisotopic (exact) mass is 498 g/mol. The highest BCUT2D eigenvalue weighted by Crippen LogP contribution is 2.38. The Labute approximate surface area is 211 Å². The number of benzene rings is 2. The fourth-order valence-corrected chi connectivity index (χ4v) is 4.51. The van der Waals surface area contributed by atoms with E-state index in [9.17, 15) is 18.4 Å². The number of aryl methyl sites for hydroxylation is 2. The molecule has 5 aromatic rings. The van der Waals surface area contributed by atoms with Gasteiger partial charge in [0.05, 0.1) is 22.5 Å². The number of amides is 1. The van der Waals surface area contributed by atoms with Gasteiger partial charge in [-0.3, -0.25) is 9.59 Å². The molecule has 0 unspecified atom stereocenters. The molecule has 0 fully saturated rings. The number of nitrogens with one attached hydrogen (secondary N) is 2. The predicted octanol–water partition coefficient (Wildman–Crippen LogP) is 5.92. The lowest BCUT2D eigenvalue weighted by molar-refractivity contribution is -0.117. The number of hydrogen-bond acceptors (Lipinski definition) is 3. The van der Waals surface area contributed by atoms with Crippen LogP contribution in [0.2, 0.25) is 0 Å². The van der Waals surface area contributed by atoms with Gasteiger partial charge in [-0.2, -0.15) is 0 Å². The largest absolute Gasteiger partial charge is 0.354 e. The van der Waals surface area contributed by atoms with Crippen molar-refractivity contribution in [2.45, 2.75) is 19.8 Å². The lowest BCUT2D eigenvalue weighted by atomic mass is 9.98. The van der Waals surface area contributed by atoms with Crippen molar-refractivity contribution in [3.8, 4) is 22.4 Å². The third-order valence-corrected chi connectivity index (χ3v) is 6.51. The van der Waals surface area contributed by atoms with Crippen LogP contribution >= 0.6 is 0 Å². The minimum atomic E-state index is -0.528. The summed E-state index contributed by atoms with van der Waals surface area (Å²) in [5.41, 5.74) is 4.72. The molecule has 0 saturated heterocycles. The Morgan fingerprint density at radius 3 is 2.32 bits per heavy atom. The van der Waals surface area contributed by atoms with Crippen LogP contribution in [-0.2, 0) is 11.8 Å². The second-order valence-electron chi connectivity index (χ2n) is 9.05. The molecule has 186 valence electrons. The second kappa shape index (κ2) is 9.46. The van der Waals surface area contributed by atoms with E-state index in [1.54, 1.807) is 62.8 Å². The van der Waals surface area contributed by atoms with Crippen molar-refractivity contribution in [2.24, 2.45) is 7.05 Å². The average Bonchev–Trinajstić information content (AvgIpc) is 3.29. The molecule has 1 atom stereocenters. The second-order valence-corrected chi connectivity index (χ2v) is 9.05. The van der Waals surface area contributed by atoms with E-state index in [-0.39, 0.29) is 23.1 Å². The number of aromatic amines is 1. The van der Waals surface area contributed by atoms with Gasteiger partial charge < -0.3 is 14.9 Å². The van der Waals surface area contributed by atoms with Crippen LogP contribution < -0.4 is 10.9 Å². The van der Waals surface area contributed by atoms with Crippen LogP contribution in [0.3, 0.4) is 0 Å². The molecule has 0 saturated carbocycles. The number of H-pyrrole nitrogens is 1. The van der Waals surface area contributed by atoms with Crippen molar-refractivity contribution in [1.82, 2.24) is 14.5 Å². The number of hydrogen-bond donors (Lipinski definition) is 2. The maximum Gasteiger partial charge on any atom is 0.260 e. The summed E-state index contributed by atoms with van der Waals surface area (Å²) in [5, 5.41) is 3.32. The van der Waals surface area contributed by atoms with E-state index in [4.69, 9.17) is 0 Å². The van der Waals surface area contributed by atoms with Gasteiger partial charge >= 0.3 is 0 Å². The van der Waals surface area contributed by atoms with Crippen molar-refractivity contribution in [3.63, 3.8) is 0 Å². The van der Waals surface area contributed by atoms with Gasteiger partial charge in [-0.05, 0) is 66.9 Å². The molecule has 8 heteroatoms. The zero-order chi connectivity index (χ0) is 26.3. The molecule has 1 amide bonds. The Kier molecular flexibility index (Phi) is 6.17. The first-order chi connectivity index (χ1) is 17.7. The molecule has 37 heavy (non-hydrogen) atoms. The number of halogens is 2. The Morgan fingerprint density at radius 1 is 1.00 bits per heavy atom. The van der Waals surface area contributed by atoms with Crippen LogP contribution in [0, 0.1) is 18.6 Å². The summed E-state index contributed by atoms with van der Waals surface area (Å²) in [5.74, 6) is -1.25. The van der Waals surface area contributed by atoms with Crippen molar-refractivity contribution >= 4 is 22.6 Å². The van der Waals surface area contributed by atoms with E-state index in [1.165, 1.54) is 28.8 Å². The van der Waals surface area contributed by atoms with E-state index in [1.807, 2.05) is 6.92 Å². The number of pyridine rings is 2. The van der Waals surface area contributed by atoms with Gasteiger partial charge in [0.15, 0.2) is 0 Å². The Balaban J connectivity index is 1.59. The third kappa shape index (κ3) is 4.53. The normalized spacial score (nSPS) is 12.0. The van der Waals surface area contributed by atoms with Gasteiger partial charge in [0, 0.05) is 30.6 Å². The van der Waals surface area contributed by atoms with Crippen molar-refractivity contribution in [3.05, 3.63) is 106 Å². The zero-order valence-corrected chi connectivity index (χ0v) is 20.5. The van der Waals surface area contributed by atoms with Crippen LogP contribution in [0.4, 0.5) is 14.6 Å². The summed E-state index contributed by atoms with van der Waals surface area (Å²) >= 11 is 0. The maximum atomic E-state index is 13.7. The summed E-state index contributed by atoms with van der Waals surface area (Å²) in [6.07, 6.45) is 3.33. The summed E-state index contributed by atoms with van der Waals surface area (Å²) < 4.78 is 28.5. The topological polar surface area (TPSA) is 79.8 Å². The third-order valence-electron chi connectivity index (χ3n) is 6.51. The molecule has 6 nitrogen and oxygen atoms in total. The highest BCUT2D eigenvalue weighted by molar-refractivity contribution is 6.04. The molecule has 5 rings (SSSR count). The summed E-state index contributed by atoms with van der Waals surface area (Å²) in [7, 11) is 1.69.